The Labute approximate surface area is 166 Å². The van der Waals surface area contributed by atoms with Gasteiger partial charge in [-0.05, 0) is 37.0 Å². The predicted molar refractivity (Wildman–Crippen MR) is 101 cm³/mol. The molecule has 0 unspecified atom stereocenters. The molecule has 1 N–H and O–H groups in total. The molecule has 0 saturated carbocycles. The molecular weight excluding hydrogens is 387 g/mol. The molecule has 28 heavy (non-hydrogen) atoms. The third-order valence-corrected chi connectivity index (χ3v) is 5.59. The number of rotatable bonds is 2. The highest BCUT2D eigenvalue weighted by Gasteiger charge is 2.32. The van der Waals surface area contributed by atoms with Crippen molar-refractivity contribution in [1.82, 2.24) is 9.47 Å². The number of carbonyl (C=O) groups is 1. The van der Waals surface area contributed by atoms with Gasteiger partial charge in [-0.25, -0.2) is 4.39 Å². The minimum absolute atomic E-state index is 0.00705. The zero-order chi connectivity index (χ0) is 19.8. The lowest BCUT2D eigenvalue weighted by Gasteiger charge is -2.33. The van der Waals surface area contributed by atoms with Crippen molar-refractivity contribution in [3.8, 4) is 5.75 Å². The van der Waals surface area contributed by atoms with Crippen LogP contribution in [-0.4, -0.2) is 33.6 Å². The van der Waals surface area contributed by atoms with E-state index in [1.54, 1.807) is 10.6 Å². The van der Waals surface area contributed by atoms with E-state index in [0.29, 0.717) is 42.9 Å². The molecule has 0 saturated heterocycles. The zero-order valence-electron chi connectivity index (χ0n) is 15.2. The topological polar surface area (TPSA) is 71.8 Å². The molecule has 2 aromatic rings. The number of halogens is 2. The summed E-state index contributed by atoms with van der Waals surface area (Å²) in [5.41, 5.74) is 1.38. The largest absolute Gasteiger partial charge is 0.503 e. The molecular formula is C20H20ClFN2O4. The minimum atomic E-state index is -0.524. The molecule has 2 aliphatic rings. The number of amides is 1. The molecule has 0 spiro atoms. The lowest BCUT2D eigenvalue weighted by Crippen LogP contribution is -2.43. The molecule has 0 bridgehead atoms. The van der Waals surface area contributed by atoms with Gasteiger partial charge >= 0.3 is 0 Å². The van der Waals surface area contributed by atoms with E-state index in [9.17, 15) is 19.1 Å². The number of benzene rings is 1. The Hall–Kier alpha value is -2.38. The first-order chi connectivity index (χ1) is 13.5. The third-order valence-electron chi connectivity index (χ3n) is 5.30. The van der Waals surface area contributed by atoms with Crippen molar-refractivity contribution in [2.24, 2.45) is 0 Å². The van der Waals surface area contributed by atoms with E-state index in [-0.39, 0.29) is 23.9 Å². The number of hydrogen-bond donors (Lipinski definition) is 1. The molecule has 1 aromatic carbocycles. The van der Waals surface area contributed by atoms with Gasteiger partial charge in [0.15, 0.2) is 11.4 Å². The molecule has 0 atom stereocenters. The van der Waals surface area contributed by atoms with Crippen LogP contribution in [0.2, 0.25) is 5.02 Å². The van der Waals surface area contributed by atoms with Gasteiger partial charge in [0.05, 0.1) is 17.3 Å². The van der Waals surface area contributed by atoms with Crippen molar-refractivity contribution in [2.45, 2.75) is 39.0 Å². The monoisotopic (exact) mass is 406 g/mol. The van der Waals surface area contributed by atoms with Crippen LogP contribution in [0.5, 0.6) is 5.75 Å². The maximum absolute atomic E-state index is 13.4. The summed E-state index contributed by atoms with van der Waals surface area (Å²) in [6.07, 6.45) is 2.22. The molecule has 0 fully saturated rings. The van der Waals surface area contributed by atoms with Crippen molar-refractivity contribution in [3.05, 3.63) is 61.8 Å². The molecule has 0 radical (unpaired) electrons. The van der Waals surface area contributed by atoms with Gasteiger partial charge in [0, 0.05) is 31.8 Å². The van der Waals surface area contributed by atoms with E-state index < -0.39 is 22.9 Å². The number of ether oxygens (including phenoxy) is 1. The Balaban J connectivity index is 1.71. The van der Waals surface area contributed by atoms with Crippen LogP contribution in [0.3, 0.4) is 0 Å². The number of aromatic hydroxyl groups is 1. The first kappa shape index (κ1) is 19.0. The van der Waals surface area contributed by atoms with Crippen LogP contribution in [0.4, 0.5) is 4.39 Å². The van der Waals surface area contributed by atoms with Gasteiger partial charge in [-0.15, -0.1) is 0 Å². The summed E-state index contributed by atoms with van der Waals surface area (Å²) in [4.78, 5) is 27.3. The van der Waals surface area contributed by atoms with Crippen LogP contribution >= 0.6 is 11.6 Å². The lowest BCUT2D eigenvalue weighted by molar-refractivity contribution is 0.0664. The van der Waals surface area contributed by atoms with E-state index in [0.717, 1.165) is 12.8 Å². The second-order valence-electron chi connectivity index (χ2n) is 7.09. The number of pyridine rings is 1. The van der Waals surface area contributed by atoms with Gasteiger partial charge in [-0.1, -0.05) is 17.7 Å². The van der Waals surface area contributed by atoms with Crippen LogP contribution in [0, 0.1) is 5.82 Å². The zero-order valence-corrected chi connectivity index (χ0v) is 16.0. The number of aromatic nitrogens is 1. The summed E-state index contributed by atoms with van der Waals surface area (Å²) in [6, 6.07) is 4.28. The van der Waals surface area contributed by atoms with E-state index in [2.05, 4.69) is 0 Å². The fourth-order valence-corrected chi connectivity index (χ4v) is 4.05. The average Bonchev–Trinajstić information content (AvgIpc) is 2.64. The molecule has 1 aromatic heterocycles. The molecule has 1 amide bonds. The number of fused-ring (bicyclic) bond motifs is 3. The van der Waals surface area contributed by atoms with Crippen LogP contribution in [0.15, 0.2) is 23.0 Å². The summed E-state index contributed by atoms with van der Waals surface area (Å²) in [6.45, 7) is 1.90. The molecule has 0 aliphatic carbocycles. The van der Waals surface area contributed by atoms with Crippen molar-refractivity contribution in [3.63, 3.8) is 0 Å². The number of carbonyl (C=O) groups excluding carboxylic acids is 1. The maximum atomic E-state index is 13.4. The van der Waals surface area contributed by atoms with Crippen LogP contribution in [0.1, 0.15) is 40.2 Å². The number of hydrogen-bond acceptors (Lipinski definition) is 4. The predicted octanol–water partition coefficient (Wildman–Crippen LogP) is 2.86. The Morgan fingerprint density at radius 3 is 2.82 bits per heavy atom. The Morgan fingerprint density at radius 1 is 1.21 bits per heavy atom. The smallest absolute Gasteiger partial charge is 0.274 e. The van der Waals surface area contributed by atoms with Gasteiger partial charge in [0.25, 0.3) is 5.91 Å². The van der Waals surface area contributed by atoms with Crippen LogP contribution in [0.25, 0.3) is 0 Å². The summed E-state index contributed by atoms with van der Waals surface area (Å²) < 4.78 is 20.7. The van der Waals surface area contributed by atoms with E-state index in [4.69, 9.17) is 16.3 Å². The van der Waals surface area contributed by atoms with E-state index >= 15 is 0 Å². The van der Waals surface area contributed by atoms with Crippen LogP contribution in [-0.2, 0) is 30.9 Å². The Bertz CT molecular complexity index is 1000. The first-order valence-corrected chi connectivity index (χ1v) is 9.63. The second-order valence-corrected chi connectivity index (χ2v) is 7.50. The molecule has 3 heterocycles. The first-order valence-electron chi connectivity index (χ1n) is 9.26. The second kappa shape index (κ2) is 7.56. The highest BCUT2D eigenvalue weighted by molar-refractivity contribution is 6.30. The van der Waals surface area contributed by atoms with Gasteiger partial charge in [-0.2, -0.15) is 0 Å². The van der Waals surface area contributed by atoms with Gasteiger partial charge in [-0.3, -0.25) is 9.59 Å². The fraction of sp³-hybridized carbons (Fsp3) is 0.400. The third kappa shape index (κ3) is 3.29. The summed E-state index contributed by atoms with van der Waals surface area (Å²) in [5, 5.41) is 10.5. The van der Waals surface area contributed by atoms with Crippen molar-refractivity contribution >= 4 is 17.5 Å². The molecule has 4 rings (SSSR count). The van der Waals surface area contributed by atoms with E-state index in [1.165, 1.54) is 17.0 Å². The summed E-state index contributed by atoms with van der Waals surface area (Å²) >= 11 is 5.83. The SMILES string of the molecule is O=C1c2c(O)c(=O)c3c(n2CCN1Cc1ccc(F)c(Cl)c1)COCCCC3. The highest BCUT2D eigenvalue weighted by Crippen LogP contribution is 2.27. The lowest BCUT2D eigenvalue weighted by atomic mass is 10.0. The molecule has 6 nitrogen and oxygen atoms in total. The van der Waals surface area contributed by atoms with Crippen molar-refractivity contribution in [1.29, 1.82) is 0 Å². The normalized spacial score (nSPS) is 16.9. The van der Waals surface area contributed by atoms with Crippen molar-refractivity contribution < 1.29 is 19.0 Å². The van der Waals surface area contributed by atoms with Crippen LogP contribution < -0.4 is 5.43 Å². The average molecular weight is 407 g/mol. The van der Waals surface area contributed by atoms with Crippen molar-refractivity contribution in [2.75, 3.05) is 13.2 Å². The molecule has 2 aliphatic heterocycles. The highest BCUT2D eigenvalue weighted by atomic mass is 35.5. The van der Waals surface area contributed by atoms with Gasteiger partial charge < -0.3 is 19.3 Å². The Morgan fingerprint density at radius 2 is 2.04 bits per heavy atom. The fourth-order valence-electron chi connectivity index (χ4n) is 3.85. The Kier molecular flexibility index (Phi) is 5.12. The summed E-state index contributed by atoms with van der Waals surface area (Å²) in [7, 11) is 0. The quantitative estimate of drug-likeness (QED) is 0.832. The minimum Gasteiger partial charge on any atom is -0.503 e. The number of nitrogens with zero attached hydrogens (tertiary/aromatic N) is 2. The van der Waals surface area contributed by atoms with Gasteiger partial charge in [0.1, 0.15) is 5.82 Å². The molecule has 148 valence electrons. The maximum Gasteiger partial charge on any atom is 0.274 e. The standard InChI is InChI=1S/C20H20ClFN2O4/c21-14-9-12(4-5-15(14)22)10-23-6-7-24-16-11-28-8-2-1-3-13(16)18(25)19(26)17(24)20(23)27/h4-5,9,26H,1-3,6-8,10-11H2. The van der Waals surface area contributed by atoms with E-state index in [1.807, 2.05) is 0 Å². The van der Waals surface area contributed by atoms with Gasteiger partial charge in [0.2, 0.25) is 5.43 Å². The summed E-state index contributed by atoms with van der Waals surface area (Å²) in [5.74, 6) is -1.47. The molecule has 8 heteroatoms.